The second-order valence-corrected chi connectivity index (χ2v) is 9.77. The number of ether oxygens (including phenoxy) is 3. The van der Waals surface area contributed by atoms with Gasteiger partial charge in [-0.15, -0.1) is 0 Å². The van der Waals surface area contributed by atoms with Crippen molar-refractivity contribution in [3.05, 3.63) is 70.2 Å². The van der Waals surface area contributed by atoms with Crippen LogP contribution in [0.5, 0.6) is 17.2 Å². The van der Waals surface area contributed by atoms with Crippen LogP contribution in [0.15, 0.2) is 59.1 Å². The van der Waals surface area contributed by atoms with Gasteiger partial charge in [0.15, 0.2) is 17.3 Å². The SMILES string of the molecule is COc1cc(C2C(C#N)=C(N)N(c3ccc(C)cc3)C3=C2C(=O)CC(C)(C)C3)cc(OC)c1OC. The van der Waals surface area contributed by atoms with Gasteiger partial charge in [0.05, 0.1) is 38.9 Å². The molecular formula is C28H31N3O4. The minimum atomic E-state index is -0.644. The van der Waals surface area contributed by atoms with Crippen LogP contribution in [0.25, 0.3) is 0 Å². The van der Waals surface area contributed by atoms with Crippen molar-refractivity contribution in [2.75, 3.05) is 26.2 Å². The van der Waals surface area contributed by atoms with E-state index in [0.717, 1.165) is 16.9 Å². The molecule has 0 spiro atoms. The van der Waals surface area contributed by atoms with Crippen LogP contribution in [-0.2, 0) is 4.79 Å². The number of hydrogen-bond donors (Lipinski definition) is 1. The molecular weight excluding hydrogens is 442 g/mol. The Morgan fingerprint density at radius 2 is 1.63 bits per heavy atom. The first kappa shape index (κ1) is 24.2. The average molecular weight is 474 g/mol. The Kier molecular flexibility index (Phi) is 6.25. The molecule has 1 aliphatic carbocycles. The molecule has 0 aromatic heterocycles. The third-order valence-electron chi connectivity index (χ3n) is 6.69. The van der Waals surface area contributed by atoms with Crippen LogP contribution in [0, 0.1) is 23.7 Å². The number of nitriles is 1. The van der Waals surface area contributed by atoms with Crippen molar-refractivity contribution in [1.82, 2.24) is 0 Å². The minimum absolute atomic E-state index is 0.00682. The van der Waals surface area contributed by atoms with Gasteiger partial charge in [-0.1, -0.05) is 31.5 Å². The number of methoxy groups -OCH3 is 3. The van der Waals surface area contributed by atoms with Crippen molar-refractivity contribution in [3.8, 4) is 23.3 Å². The molecule has 2 aliphatic rings. The maximum Gasteiger partial charge on any atom is 0.203 e. The van der Waals surface area contributed by atoms with E-state index in [0.29, 0.717) is 52.6 Å². The number of carbonyl (C=O) groups is 1. The summed E-state index contributed by atoms with van der Waals surface area (Å²) in [6.07, 6.45) is 1.02. The van der Waals surface area contributed by atoms with E-state index in [-0.39, 0.29) is 11.2 Å². The van der Waals surface area contributed by atoms with Crippen LogP contribution in [0.3, 0.4) is 0 Å². The van der Waals surface area contributed by atoms with Crippen LogP contribution in [0.1, 0.15) is 43.7 Å². The Bertz CT molecular complexity index is 1260. The van der Waals surface area contributed by atoms with Crippen LogP contribution < -0.4 is 24.8 Å². The van der Waals surface area contributed by atoms with Gasteiger partial charge in [0, 0.05) is 23.4 Å². The monoisotopic (exact) mass is 473 g/mol. The highest BCUT2D eigenvalue weighted by atomic mass is 16.5. The van der Waals surface area contributed by atoms with Gasteiger partial charge in [0.1, 0.15) is 5.82 Å². The third kappa shape index (κ3) is 4.10. The number of rotatable bonds is 5. The second kappa shape index (κ2) is 9.03. The Morgan fingerprint density at radius 3 is 2.14 bits per heavy atom. The highest BCUT2D eigenvalue weighted by Crippen LogP contribution is 2.52. The van der Waals surface area contributed by atoms with E-state index < -0.39 is 5.92 Å². The summed E-state index contributed by atoms with van der Waals surface area (Å²) in [6.45, 7) is 6.17. The largest absolute Gasteiger partial charge is 0.493 e. The quantitative estimate of drug-likeness (QED) is 0.655. The van der Waals surface area contributed by atoms with Crippen LogP contribution in [-0.4, -0.2) is 27.1 Å². The van der Waals surface area contributed by atoms with Crippen molar-refractivity contribution >= 4 is 11.5 Å². The van der Waals surface area contributed by atoms with E-state index in [9.17, 15) is 10.1 Å². The Labute approximate surface area is 206 Å². The topological polar surface area (TPSA) is 97.8 Å². The summed E-state index contributed by atoms with van der Waals surface area (Å²) < 4.78 is 16.6. The van der Waals surface area contributed by atoms with Gasteiger partial charge in [-0.05, 0) is 48.6 Å². The van der Waals surface area contributed by atoms with E-state index in [1.165, 1.54) is 21.3 Å². The number of aryl methyl sites for hydroxylation is 1. The lowest BCUT2D eigenvalue weighted by Crippen LogP contribution is -2.42. The van der Waals surface area contributed by atoms with Crippen molar-refractivity contribution < 1.29 is 19.0 Å². The van der Waals surface area contributed by atoms with Crippen molar-refractivity contribution in [2.24, 2.45) is 11.1 Å². The maximum absolute atomic E-state index is 13.7. The van der Waals surface area contributed by atoms with Crippen molar-refractivity contribution in [1.29, 1.82) is 5.26 Å². The molecule has 0 saturated carbocycles. The zero-order valence-corrected chi connectivity index (χ0v) is 21.1. The van der Waals surface area contributed by atoms with Gasteiger partial charge in [0.2, 0.25) is 5.75 Å². The summed E-state index contributed by atoms with van der Waals surface area (Å²) in [5.41, 5.74) is 10.8. The number of Topliss-reactive ketones (excluding diaryl/α,β-unsaturated/α-hetero) is 1. The van der Waals surface area contributed by atoms with E-state index in [1.807, 2.05) is 36.1 Å². The lowest BCUT2D eigenvalue weighted by atomic mass is 9.68. The van der Waals surface area contributed by atoms with E-state index in [2.05, 4.69) is 19.9 Å². The molecule has 1 aliphatic heterocycles. The summed E-state index contributed by atoms with van der Waals surface area (Å²) in [5.74, 6) is 1.02. The number of nitrogens with two attached hydrogens (primary N) is 1. The predicted octanol–water partition coefficient (Wildman–Crippen LogP) is 4.96. The van der Waals surface area contributed by atoms with Crippen LogP contribution in [0.4, 0.5) is 5.69 Å². The number of ketones is 1. The van der Waals surface area contributed by atoms with Gasteiger partial charge >= 0.3 is 0 Å². The standard InChI is InChI=1S/C28H31N3O4/c1-16-7-9-18(10-8-16)31-20-13-28(2,3)14-21(32)25(20)24(19(15-29)27(31)30)17-11-22(33-4)26(35-6)23(12-17)34-5/h7-12,24H,13-14,30H2,1-6H3. The molecule has 2 N–H and O–H groups in total. The van der Waals surface area contributed by atoms with Gasteiger partial charge in [-0.25, -0.2) is 0 Å². The Balaban J connectivity index is 2.02. The average Bonchev–Trinajstić information content (AvgIpc) is 2.82. The minimum Gasteiger partial charge on any atom is -0.493 e. The smallest absolute Gasteiger partial charge is 0.203 e. The highest BCUT2D eigenvalue weighted by molar-refractivity contribution is 6.01. The number of allylic oxidation sites excluding steroid dienone is 3. The zero-order valence-electron chi connectivity index (χ0n) is 21.1. The van der Waals surface area contributed by atoms with E-state index in [4.69, 9.17) is 19.9 Å². The lowest BCUT2D eigenvalue weighted by Gasteiger charge is -2.43. The highest BCUT2D eigenvalue weighted by Gasteiger charge is 2.45. The predicted molar refractivity (Wildman–Crippen MR) is 134 cm³/mol. The molecule has 4 rings (SSSR count). The number of anilines is 1. The van der Waals surface area contributed by atoms with E-state index >= 15 is 0 Å². The maximum atomic E-state index is 13.7. The first-order chi connectivity index (χ1) is 16.6. The first-order valence-electron chi connectivity index (χ1n) is 11.5. The number of benzene rings is 2. The molecule has 1 atom stereocenters. The molecule has 2 aromatic rings. The molecule has 0 saturated heterocycles. The molecule has 7 nitrogen and oxygen atoms in total. The Hall–Kier alpha value is -3.92. The molecule has 182 valence electrons. The zero-order chi connectivity index (χ0) is 25.5. The molecule has 0 fully saturated rings. The summed E-state index contributed by atoms with van der Waals surface area (Å²) in [4.78, 5) is 15.6. The van der Waals surface area contributed by atoms with Gasteiger partial charge in [-0.2, -0.15) is 5.26 Å². The number of carbonyl (C=O) groups excluding carboxylic acids is 1. The Morgan fingerprint density at radius 1 is 1.03 bits per heavy atom. The molecule has 1 heterocycles. The lowest BCUT2D eigenvalue weighted by molar-refractivity contribution is -0.118. The van der Waals surface area contributed by atoms with E-state index in [1.54, 1.807) is 12.1 Å². The number of nitrogens with zero attached hydrogens (tertiary/aromatic N) is 2. The fourth-order valence-corrected chi connectivity index (χ4v) is 5.10. The van der Waals surface area contributed by atoms with Gasteiger partial charge in [-0.3, -0.25) is 9.69 Å². The fourth-order valence-electron chi connectivity index (χ4n) is 5.10. The molecule has 0 radical (unpaired) electrons. The fraction of sp³-hybridized carbons (Fsp3) is 0.357. The van der Waals surface area contributed by atoms with Crippen LogP contribution >= 0.6 is 0 Å². The molecule has 2 aromatic carbocycles. The second-order valence-electron chi connectivity index (χ2n) is 9.77. The molecule has 1 unspecified atom stereocenters. The molecule has 35 heavy (non-hydrogen) atoms. The molecule has 0 amide bonds. The van der Waals surface area contributed by atoms with Crippen molar-refractivity contribution in [2.45, 2.75) is 39.5 Å². The normalized spacial score (nSPS) is 19.3. The third-order valence-corrected chi connectivity index (χ3v) is 6.69. The number of hydrogen-bond acceptors (Lipinski definition) is 7. The molecule has 0 bridgehead atoms. The van der Waals surface area contributed by atoms with Gasteiger partial charge in [0.25, 0.3) is 0 Å². The van der Waals surface area contributed by atoms with Crippen LogP contribution in [0.2, 0.25) is 0 Å². The summed E-state index contributed by atoms with van der Waals surface area (Å²) in [5, 5.41) is 10.3. The van der Waals surface area contributed by atoms with Crippen molar-refractivity contribution in [3.63, 3.8) is 0 Å². The first-order valence-corrected chi connectivity index (χ1v) is 11.5. The summed E-state index contributed by atoms with van der Waals surface area (Å²) in [7, 11) is 4.61. The summed E-state index contributed by atoms with van der Waals surface area (Å²) in [6, 6.07) is 13.8. The van der Waals surface area contributed by atoms with Gasteiger partial charge < -0.3 is 19.9 Å². The molecule has 7 heteroatoms. The summed E-state index contributed by atoms with van der Waals surface area (Å²) >= 11 is 0.